The maximum atomic E-state index is 12.1. The van der Waals surface area contributed by atoms with E-state index in [0.29, 0.717) is 0 Å². The summed E-state index contributed by atoms with van der Waals surface area (Å²) in [6, 6.07) is 7.67. The Hall–Kier alpha value is -1.59. The number of carbonyl (C=O) groups is 1. The summed E-state index contributed by atoms with van der Waals surface area (Å²) in [5, 5.41) is 4.04. The number of nitrogens with two attached hydrogens (primary N) is 1. The molecule has 1 aromatic carbocycles. The number of thiophene rings is 1. The first kappa shape index (κ1) is 13.4. The summed E-state index contributed by atoms with van der Waals surface area (Å²) in [6.07, 6.45) is 2.57. The first-order chi connectivity index (χ1) is 9.72. The summed E-state index contributed by atoms with van der Waals surface area (Å²) in [7, 11) is 0. The van der Waals surface area contributed by atoms with Crippen LogP contribution in [-0.2, 0) is 0 Å². The molecule has 1 aliphatic heterocycles. The Morgan fingerprint density at radius 3 is 2.90 bits per heavy atom. The van der Waals surface area contributed by atoms with Gasteiger partial charge in [0.15, 0.2) is 0 Å². The number of rotatable bonds is 4. The van der Waals surface area contributed by atoms with Gasteiger partial charge in [-0.05, 0) is 55.6 Å². The number of benzene rings is 1. The van der Waals surface area contributed by atoms with Crippen LogP contribution in [0, 0.1) is 0 Å². The third kappa shape index (κ3) is 2.94. The highest BCUT2D eigenvalue weighted by Gasteiger charge is 2.13. The molecular weight excluding hydrogens is 270 g/mol. The van der Waals surface area contributed by atoms with Crippen molar-refractivity contribution >= 4 is 33.0 Å². The van der Waals surface area contributed by atoms with Crippen LogP contribution in [0.4, 0.5) is 5.69 Å². The second-order valence-corrected chi connectivity index (χ2v) is 6.30. The Bertz CT molecular complexity index is 617. The van der Waals surface area contributed by atoms with Crippen LogP contribution in [0.3, 0.4) is 0 Å². The molecule has 0 bridgehead atoms. The minimum absolute atomic E-state index is 0.0176. The lowest BCUT2D eigenvalue weighted by Crippen LogP contribution is -2.33. The quantitative estimate of drug-likeness (QED) is 0.849. The largest absolute Gasteiger partial charge is 0.399 e. The van der Waals surface area contributed by atoms with E-state index in [1.54, 1.807) is 0 Å². The number of anilines is 1. The molecule has 5 heteroatoms. The highest BCUT2D eigenvalue weighted by atomic mass is 32.1. The van der Waals surface area contributed by atoms with E-state index in [1.165, 1.54) is 24.2 Å². The second-order valence-electron chi connectivity index (χ2n) is 5.21. The Balaban J connectivity index is 1.60. The zero-order chi connectivity index (χ0) is 13.9. The van der Waals surface area contributed by atoms with Crippen molar-refractivity contribution in [3.63, 3.8) is 0 Å². The monoisotopic (exact) mass is 289 g/mol. The summed E-state index contributed by atoms with van der Waals surface area (Å²) in [6.45, 7) is 3.99. The summed E-state index contributed by atoms with van der Waals surface area (Å²) in [5.74, 6) is 0.0176. The molecule has 1 amide bonds. The summed E-state index contributed by atoms with van der Waals surface area (Å²) in [4.78, 5) is 15.3. The maximum absolute atomic E-state index is 12.1. The lowest BCUT2D eigenvalue weighted by atomic mass is 10.2. The molecule has 2 heterocycles. The predicted octanol–water partition coefficient (Wildman–Crippen LogP) is 2.31. The molecule has 1 aromatic heterocycles. The van der Waals surface area contributed by atoms with Gasteiger partial charge in [-0.2, -0.15) is 0 Å². The first-order valence-electron chi connectivity index (χ1n) is 7.02. The second kappa shape index (κ2) is 5.81. The Labute approximate surface area is 122 Å². The average molecular weight is 289 g/mol. The number of fused-ring (bicyclic) bond motifs is 1. The fourth-order valence-electron chi connectivity index (χ4n) is 2.59. The van der Waals surface area contributed by atoms with E-state index in [4.69, 9.17) is 5.73 Å². The van der Waals surface area contributed by atoms with Gasteiger partial charge >= 0.3 is 0 Å². The summed E-state index contributed by atoms with van der Waals surface area (Å²) < 4.78 is 1.10. The molecule has 0 aliphatic carbocycles. The van der Waals surface area contributed by atoms with E-state index in [2.05, 4.69) is 10.2 Å². The molecule has 0 radical (unpaired) electrons. The zero-order valence-electron chi connectivity index (χ0n) is 11.4. The highest BCUT2D eigenvalue weighted by molar-refractivity contribution is 7.20. The van der Waals surface area contributed by atoms with Gasteiger partial charge in [-0.25, -0.2) is 0 Å². The number of carbonyl (C=O) groups excluding carboxylic acids is 1. The molecular formula is C15H19N3OS. The molecule has 0 saturated carbocycles. The first-order valence-corrected chi connectivity index (χ1v) is 7.84. The average Bonchev–Trinajstić information content (AvgIpc) is 3.06. The predicted molar refractivity (Wildman–Crippen MR) is 84.2 cm³/mol. The van der Waals surface area contributed by atoms with Crippen LogP contribution < -0.4 is 11.1 Å². The molecule has 1 fully saturated rings. The van der Waals surface area contributed by atoms with Crippen molar-refractivity contribution in [3.05, 3.63) is 29.1 Å². The normalized spacial score (nSPS) is 15.8. The van der Waals surface area contributed by atoms with Crippen LogP contribution in [0.1, 0.15) is 22.5 Å². The van der Waals surface area contributed by atoms with Gasteiger partial charge in [-0.1, -0.05) is 0 Å². The van der Waals surface area contributed by atoms with Gasteiger partial charge in [0, 0.05) is 23.5 Å². The molecule has 1 aliphatic rings. The summed E-state index contributed by atoms with van der Waals surface area (Å²) >= 11 is 1.52. The molecule has 20 heavy (non-hydrogen) atoms. The molecule has 3 rings (SSSR count). The number of nitrogens with one attached hydrogen (secondary N) is 1. The fourth-order valence-corrected chi connectivity index (χ4v) is 3.55. The standard InChI is InChI=1S/C15H19N3OS/c16-12-3-4-13-11(9-12)10-14(20-13)15(19)17-5-8-18-6-1-2-7-18/h3-4,9-10H,1-2,5-8,16H2,(H,17,19). The summed E-state index contributed by atoms with van der Waals surface area (Å²) in [5.41, 5.74) is 6.49. The SMILES string of the molecule is Nc1ccc2sc(C(=O)NCCN3CCCC3)cc2c1. The third-order valence-corrected chi connectivity index (χ3v) is 4.79. The van der Waals surface area contributed by atoms with Gasteiger partial charge in [0.05, 0.1) is 4.88 Å². The third-order valence-electron chi connectivity index (χ3n) is 3.68. The van der Waals surface area contributed by atoms with E-state index in [1.807, 2.05) is 24.3 Å². The number of hydrogen-bond donors (Lipinski definition) is 2. The van der Waals surface area contributed by atoms with Crippen molar-refractivity contribution in [2.24, 2.45) is 0 Å². The number of nitrogens with zero attached hydrogens (tertiary/aromatic N) is 1. The van der Waals surface area contributed by atoms with Crippen molar-refractivity contribution in [2.75, 3.05) is 31.9 Å². The van der Waals surface area contributed by atoms with Gasteiger partial charge in [0.2, 0.25) is 0 Å². The highest BCUT2D eigenvalue weighted by Crippen LogP contribution is 2.27. The minimum Gasteiger partial charge on any atom is -0.399 e. The van der Waals surface area contributed by atoms with Crippen LogP contribution in [0.2, 0.25) is 0 Å². The maximum Gasteiger partial charge on any atom is 0.261 e. The van der Waals surface area contributed by atoms with Crippen molar-refractivity contribution in [1.29, 1.82) is 0 Å². The molecule has 1 saturated heterocycles. The zero-order valence-corrected chi connectivity index (χ0v) is 12.2. The van der Waals surface area contributed by atoms with E-state index in [0.717, 1.165) is 46.8 Å². The van der Waals surface area contributed by atoms with Gasteiger partial charge in [-0.3, -0.25) is 4.79 Å². The van der Waals surface area contributed by atoms with E-state index < -0.39 is 0 Å². The van der Waals surface area contributed by atoms with Gasteiger partial charge < -0.3 is 16.0 Å². The number of likely N-dealkylation sites (tertiary alicyclic amines) is 1. The lowest BCUT2D eigenvalue weighted by Gasteiger charge is -2.14. The van der Waals surface area contributed by atoms with E-state index >= 15 is 0 Å². The van der Waals surface area contributed by atoms with Crippen molar-refractivity contribution in [3.8, 4) is 0 Å². The number of hydrogen-bond acceptors (Lipinski definition) is 4. The number of nitrogen functional groups attached to an aromatic ring is 1. The lowest BCUT2D eigenvalue weighted by molar-refractivity contribution is 0.0954. The van der Waals surface area contributed by atoms with Gasteiger partial charge in [0.1, 0.15) is 0 Å². The van der Waals surface area contributed by atoms with Crippen LogP contribution in [0.5, 0.6) is 0 Å². The van der Waals surface area contributed by atoms with E-state index in [-0.39, 0.29) is 5.91 Å². The van der Waals surface area contributed by atoms with Crippen LogP contribution in [0.15, 0.2) is 24.3 Å². The molecule has 0 unspecified atom stereocenters. The fraction of sp³-hybridized carbons (Fsp3) is 0.400. The molecule has 0 atom stereocenters. The van der Waals surface area contributed by atoms with E-state index in [9.17, 15) is 4.79 Å². The van der Waals surface area contributed by atoms with Crippen molar-refractivity contribution < 1.29 is 4.79 Å². The number of amides is 1. The Morgan fingerprint density at radius 2 is 2.10 bits per heavy atom. The molecule has 4 nitrogen and oxygen atoms in total. The molecule has 106 valence electrons. The molecule has 0 spiro atoms. The smallest absolute Gasteiger partial charge is 0.261 e. The Kier molecular flexibility index (Phi) is 3.89. The van der Waals surface area contributed by atoms with Crippen LogP contribution in [-0.4, -0.2) is 37.0 Å². The van der Waals surface area contributed by atoms with Gasteiger partial charge in [0.25, 0.3) is 5.91 Å². The topological polar surface area (TPSA) is 58.4 Å². The van der Waals surface area contributed by atoms with Crippen LogP contribution in [0.25, 0.3) is 10.1 Å². The molecule has 2 aromatic rings. The Morgan fingerprint density at radius 1 is 1.30 bits per heavy atom. The van der Waals surface area contributed by atoms with Crippen molar-refractivity contribution in [2.45, 2.75) is 12.8 Å². The molecule has 3 N–H and O–H groups in total. The minimum atomic E-state index is 0.0176. The van der Waals surface area contributed by atoms with Crippen molar-refractivity contribution in [1.82, 2.24) is 10.2 Å². The van der Waals surface area contributed by atoms with Gasteiger partial charge in [-0.15, -0.1) is 11.3 Å². The van der Waals surface area contributed by atoms with Crippen LogP contribution >= 0.6 is 11.3 Å².